The van der Waals surface area contributed by atoms with Gasteiger partial charge >= 0.3 is 0 Å². The fraction of sp³-hybridized carbons (Fsp3) is 0.143. The van der Waals surface area contributed by atoms with Crippen LogP contribution >= 0.6 is 0 Å². The highest BCUT2D eigenvalue weighted by atomic mass is 16.6. The van der Waals surface area contributed by atoms with Gasteiger partial charge in [-0.25, -0.2) is 0 Å². The molecule has 3 aromatic carbocycles. The molecule has 138 valence electrons. The molecular formula is C21H19NO5. The van der Waals surface area contributed by atoms with E-state index in [9.17, 15) is 10.1 Å². The van der Waals surface area contributed by atoms with Crippen LogP contribution in [-0.2, 0) is 0 Å². The zero-order valence-corrected chi connectivity index (χ0v) is 15.3. The lowest BCUT2D eigenvalue weighted by Crippen LogP contribution is -1.96. The molecule has 0 saturated carbocycles. The van der Waals surface area contributed by atoms with Crippen LogP contribution in [0.15, 0.2) is 60.7 Å². The molecule has 0 bridgehead atoms. The van der Waals surface area contributed by atoms with E-state index < -0.39 is 4.92 Å². The van der Waals surface area contributed by atoms with Crippen molar-refractivity contribution in [3.63, 3.8) is 0 Å². The predicted octanol–water partition coefficient (Wildman–Crippen LogP) is 4.95. The lowest BCUT2D eigenvalue weighted by molar-refractivity contribution is -0.384. The summed E-state index contributed by atoms with van der Waals surface area (Å²) in [7, 11) is 4.71. The summed E-state index contributed by atoms with van der Waals surface area (Å²) < 4.78 is 16.3. The first-order chi connectivity index (χ1) is 13.1. The van der Waals surface area contributed by atoms with Gasteiger partial charge in [-0.1, -0.05) is 24.3 Å². The van der Waals surface area contributed by atoms with Gasteiger partial charge in [-0.3, -0.25) is 10.1 Å². The number of nitrogens with zero attached hydrogens (tertiary/aromatic N) is 1. The second kappa shape index (κ2) is 7.78. The standard InChI is InChI=1S/C21H19NO5/c1-25-19-12-15(13-20(26-2)21(19)27-3)18-7-5-4-6-17(18)14-8-10-16(11-9-14)22(23)24/h4-13H,1-3H3. The van der Waals surface area contributed by atoms with Crippen LogP contribution in [0.2, 0.25) is 0 Å². The van der Waals surface area contributed by atoms with Crippen molar-refractivity contribution in [2.75, 3.05) is 21.3 Å². The number of non-ortho nitro benzene ring substituents is 1. The molecule has 0 atom stereocenters. The van der Waals surface area contributed by atoms with Gasteiger partial charge in [0.1, 0.15) is 0 Å². The first-order valence-corrected chi connectivity index (χ1v) is 8.23. The Morgan fingerprint density at radius 3 is 1.70 bits per heavy atom. The molecule has 0 aliphatic rings. The second-order valence-corrected chi connectivity index (χ2v) is 5.76. The molecule has 0 heterocycles. The molecule has 3 aromatic rings. The number of hydrogen-bond donors (Lipinski definition) is 0. The van der Waals surface area contributed by atoms with Crippen molar-refractivity contribution in [1.82, 2.24) is 0 Å². The average Bonchev–Trinajstić information content (AvgIpc) is 2.72. The van der Waals surface area contributed by atoms with E-state index in [2.05, 4.69) is 0 Å². The van der Waals surface area contributed by atoms with Gasteiger partial charge in [-0.2, -0.15) is 0 Å². The highest BCUT2D eigenvalue weighted by Crippen LogP contribution is 2.43. The Morgan fingerprint density at radius 2 is 1.26 bits per heavy atom. The molecule has 0 saturated heterocycles. The summed E-state index contributed by atoms with van der Waals surface area (Å²) in [6.45, 7) is 0. The van der Waals surface area contributed by atoms with Crippen LogP contribution in [0.3, 0.4) is 0 Å². The second-order valence-electron chi connectivity index (χ2n) is 5.76. The van der Waals surface area contributed by atoms with E-state index in [4.69, 9.17) is 14.2 Å². The van der Waals surface area contributed by atoms with E-state index in [1.807, 2.05) is 36.4 Å². The Kier molecular flexibility index (Phi) is 5.26. The molecule has 0 radical (unpaired) electrons. The molecule has 0 N–H and O–H groups in total. The van der Waals surface area contributed by atoms with Crippen molar-refractivity contribution >= 4 is 5.69 Å². The number of rotatable bonds is 6. The van der Waals surface area contributed by atoms with E-state index >= 15 is 0 Å². The van der Waals surface area contributed by atoms with Gasteiger partial charge in [-0.15, -0.1) is 0 Å². The number of ether oxygens (including phenoxy) is 3. The van der Waals surface area contributed by atoms with Crippen molar-refractivity contribution < 1.29 is 19.1 Å². The van der Waals surface area contributed by atoms with Gasteiger partial charge in [0.2, 0.25) is 5.75 Å². The van der Waals surface area contributed by atoms with Crippen LogP contribution in [-0.4, -0.2) is 26.3 Å². The summed E-state index contributed by atoms with van der Waals surface area (Å²) in [5.41, 5.74) is 3.72. The van der Waals surface area contributed by atoms with Crippen molar-refractivity contribution in [3.05, 3.63) is 70.8 Å². The summed E-state index contributed by atoms with van der Waals surface area (Å²) >= 11 is 0. The molecule has 0 unspecified atom stereocenters. The maximum absolute atomic E-state index is 10.9. The highest BCUT2D eigenvalue weighted by molar-refractivity contribution is 5.85. The van der Waals surface area contributed by atoms with Crippen LogP contribution in [0.25, 0.3) is 22.3 Å². The zero-order chi connectivity index (χ0) is 19.4. The van der Waals surface area contributed by atoms with Crippen LogP contribution in [0.1, 0.15) is 0 Å². The number of nitro benzene ring substituents is 1. The lowest BCUT2D eigenvalue weighted by atomic mass is 9.94. The summed E-state index contributed by atoms with van der Waals surface area (Å²) in [6, 6.07) is 18.1. The highest BCUT2D eigenvalue weighted by Gasteiger charge is 2.16. The average molecular weight is 365 g/mol. The Bertz CT molecular complexity index is 942. The Hall–Kier alpha value is -3.54. The summed E-state index contributed by atoms with van der Waals surface area (Å²) in [6.07, 6.45) is 0. The van der Waals surface area contributed by atoms with E-state index in [1.165, 1.54) is 12.1 Å². The molecule has 0 aliphatic heterocycles. The number of nitro groups is 1. The van der Waals surface area contributed by atoms with E-state index in [0.29, 0.717) is 17.2 Å². The van der Waals surface area contributed by atoms with Gasteiger partial charge in [0.15, 0.2) is 11.5 Å². The molecule has 6 nitrogen and oxygen atoms in total. The van der Waals surface area contributed by atoms with E-state index in [0.717, 1.165) is 22.3 Å². The van der Waals surface area contributed by atoms with Gasteiger partial charge < -0.3 is 14.2 Å². The third-order valence-electron chi connectivity index (χ3n) is 4.29. The third kappa shape index (κ3) is 3.55. The first-order valence-electron chi connectivity index (χ1n) is 8.23. The molecule has 0 spiro atoms. The van der Waals surface area contributed by atoms with Crippen LogP contribution < -0.4 is 14.2 Å². The monoisotopic (exact) mass is 365 g/mol. The number of methoxy groups -OCH3 is 3. The molecule has 0 aliphatic carbocycles. The van der Waals surface area contributed by atoms with Crippen molar-refractivity contribution in [2.24, 2.45) is 0 Å². The lowest BCUT2D eigenvalue weighted by Gasteiger charge is -2.16. The van der Waals surface area contributed by atoms with Gasteiger partial charge in [0, 0.05) is 12.1 Å². The maximum Gasteiger partial charge on any atom is 0.269 e. The first kappa shape index (κ1) is 18.3. The maximum atomic E-state index is 10.9. The Labute approximate surface area is 157 Å². The molecule has 3 rings (SSSR count). The molecular weight excluding hydrogens is 346 g/mol. The van der Waals surface area contributed by atoms with Crippen molar-refractivity contribution in [1.29, 1.82) is 0 Å². The molecule has 6 heteroatoms. The fourth-order valence-corrected chi connectivity index (χ4v) is 2.99. The van der Waals surface area contributed by atoms with Crippen molar-refractivity contribution in [2.45, 2.75) is 0 Å². The van der Waals surface area contributed by atoms with Gasteiger partial charge in [-0.05, 0) is 46.5 Å². The van der Waals surface area contributed by atoms with Crippen molar-refractivity contribution in [3.8, 4) is 39.5 Å². The number of benzene rings is 3. The fourth-order valence-electron chi connectivity index (χ4n) is 2.99. The Morgan fingerprint density at radius 1 is 0.741 bits per heavy atom. The minimum atomic E-state index is -0.408. The summed E-state index contributed by atoms with van der Waals surface area (Å²) in [5, 5.41) is 10.9. The topological polar surface area (TPSA) is 70.8 Å². The quantitative estimate of drug-likeness (QED) is 0.456. The van der Waals surface area contributed by atoms with Crippen LogP contribution in [0.5, 0.6) is 17.2 Å². The predicted molar refractivity (Wildman–Crippen MR) is 104 cm³/mol. The SMILES string of the molecule is COc1cc(-c2ccccc2-c2ccc([N+](=O)[O-])cc2)cc(OC)c1OC. The van der Waals surface area contributed by atoms with E-state index in [1.54, 1.807) is 33.5 Å². The van der Waals surface area contributed by atoms with Gasteiger partial charge in [0.25, 0.3) is 5.69 Å². The van der Waals surface area contributed by atoms with Gasteiger partial charge in [0.05, 0.1) is 26.3 Å². The summed E-state index contributed by atoms with van der Waals surface area (Å²) in [4.78, 5) is 10.5. The summed E-state index contributed by atoms with van der Waals surface area (Å²) in [5.74, 6) is 1.65. The zero-order valence-electron chi connectivity index (χ0n) is 15.3. The van der Waals surface area contributed by atoms with Crippen LogP contribution in [0, 0.1) is 10.1 Å². The molecule has 0 fully saturated rings. The third-order valence-corrected chi connectivity index (χ3v) is 4.29. The molecule has 27 heavy (non-hydrogen) atoms. The number of hydrogen-bond acceptors (Lipinski definition) is 5. The smallest absolute Gasteiger partial charge is 0.269 e. The normalized spacial score (nSPS) is 10.3. The minimum absolute atomic E-state index is 0.0593. The van der Waals surface area contributed by atoms with Crippen LogP contribution in [0.4, 0.5) is 5.69 Å². The molecule has 0 aromatic heterocycles. The largest absolute Gasteiger partial charge is 0.493 e. The van der Waals surface area contributed by atoms with E-state index in [-0.39, 0.29) is 5.69 Å². The molecule has 0 amide bonds. The Balaban J connectivity index is 2.15. The minimum Gasteiger partial charge on any atom is -0.493 e.